The standard InChI is InChI=1S/C15H12BrF4N/c1-2-21-15(10-7-9(16)3-4-11(10)17)8-5-12(18)14(20)13(19)6-8/h3-7,15,21H,2H2,1H3. The van der Waals surface area contributed by atoms with E-state index in [9.17, 15) is 17.6 Å². The maximum Gasteiger partial charge on any atom is 0.194 e. The van der Waals surface area contributed by atoms with Crippen molar-refractivity contribution in [3.63, 3.8) is 0 Å². The van der Waals surface area contributed by atoms with Crippen LogP contribution in [0.3, 0.4) is 0 Å². The lowest BCUT2D eigenvalue weighted by Gasteiger charge is -2.20. The van der Waals surface area contributed by atoms with Crippen LogP contribution in [0.15, 0.2) is 34.8 Å². The SMILES string of the molecule is CCNC(c1cc(F)c(F)c(F)c1)c1cc(Br)ccc1F. The molecule has 0 heterocycles. The van der Waals surface area contributed by atoms with E-state index in [0.29, 0.717) is 11.0 Å². The molecule has 0 fully saturated rings. The zero-order valence-corrected chi connectivity index (χ0v) is 12.6. The third-order valence-electron chi connectivity index (χ3n) is 3.02. The molecule has 6 heteroatoms. The van der Waals surface area contributed by atoms with Crippen molar-refractivity contribution in [1.29, 1.82) is 0 Å². The molecule has 1 N–H and O–H groups in total. The first-order valence-corrected chi connectivity index (χ1v) is 7.06. The van der Waals surface area contributed by atoms with Gasteiger partial charge in [0.2, 0.25) is 0 Å². The normalized spacial score (nSPS) is 12.5. The number of rotatable bonds is 4. The van der Waals surface area contributed by atoms with Gasteiger partial charge in [0.1, 0.15) is 5.82 Å². The Morgan fingerprint density at radius 1 is 1.00 bits per heavy atom. The quantitative estimate of drug-likeness (QED) is 0.614. The van der Waals surface area contributed by atoms with E-state index in [1.807, 2.05) is 0 Å². The number of nitrogens with one attached hydrogen (secondary N) is 1. The minimum atomic E-state index is -1.54. The first-order valence-electron chi connectivity index (χ1n) is 6.26. The molecule has 0 bridgehead atoms. The Kier molecular flexibility index (Phi) is 5.00. The van der Waals surface area contributed by atoms with Crippen molar-refractivity contribution in [3.8, 4) is 0 Å². The van der Waals surface area contributed by atoms with Crippen molar-refractivity contribution < 1.29 is 17.6 Å². The minimum Gasteiger partial charge on any atom is -0.306 e. The van der Waals surface area contributed by atoms with Gasteiger partial charge >= 0.3 is 0 Å². The average molecular weight is 362 g/mol. The lowest BCUT2D eigenvalue weighted by molar-refractivity contribution is 0.442. The number of benzene rings is 2. The molecule has 0 amide bonds. The van der Waals surface area contributed by atoms with Crippen molar-refractivity contribution >= 4 is 15.9 Å². The zero-order chi connectivity index (χ0) is 15.6. The molecule has 112 valence electrons. The predicted octanol–water partition coefficient (Wildman–Crippen LogP) is 4.70. The molecule has 0 aliphatic carbocycles. The Balaban J connectivity index is 2.56. The van der Waals surface area contributed by atoms with Gasteiger partial charge in [0, 0.05) is 10.0 Å². The van der Waals surface area contributed by atoms with Gasteiger partial charge in [-0.3, -0.25) is 0 Å². The van der Waals surface area contributed by atoms with Crippen LogP contribution >= 0.6 is 15.9 Å². The van der Waals surface area contributed by atoms with Crippen molar-refractivity contribution in [2.45, 2.75) is 13.0 Å². The fraction of sp³-hybridized carbons (Fsp3) is 0.200. The van der Waals surface area contributed by atoms with E-state index >= 15 is 0 Å². The van der Waals surface area contributed by atoms with Crippen molar-refractivity contribution in [2.24, 2.45) is 0 Å². The van der Waals surface area contributed by atoms with Gasteiger partial charge in [-0.2, -0.15) is 0 Å². The maximum atomic E-state index is 14.0. The van der Waals surface area contributed by atoms with Crippen LogP contribution in [0.2, 0.25) is 0 Å². The molecule has 0 spiro atoms. The summed E-state index contributed by atoms with van der Waals surface area (Å²) < 4.78 is 54.5. The van der Waals surface area contributed by atoms with Crippen LogP contribution in [0.1, 0.15) is 24.1 Å². The van der Waals surface area contributed by atoms with Gasteiger partial charge in [-0.1, -0.05) is 22.9 Å². The minimum absolute atomic E-state index is 0.116. The summed E-state index contributed by atoms with van der Waals surface area (Å²) in [7, 11) is 0. The lowest BCUT2D eigenvalue weighted by atomic mass is 9.97. The summed E-state index contributed by atoms with van der Waals surface area (Å²) in [5.74, 6) is -4.66. The maximum absolute atomic E-state index is 14.0. The molecule has 2 aromatic carbocycles. The molecular formula is C15H12BrF4N. The van der Waals surface area contributed by atoms with Gasteiger partial charge in [-0.25, -0.2) is 17.6 Å². The summed E-state index contributed by atoms with van der Waals surface area (Å²) >= 11 is 3.23. The summed E-state index contributed by atoms with van der Waals surface area (Å²) in [4.78, 5) is 0. The molecule has 0 aliphatic rings. The Hall–Kier alpha value is -1.40. The van der Waals surface area contributed by atoms with Crippen molar-refractivity contribution in [2.75, 3.05) is 6.54 Å². The fourth-order valence-corrected chi connectivity index (χ4v) is 2.47. The van der Waals surface area contributed by atoms with Crippen LogP contribution in [-0.2, 0) is 0 Å². The van der Waals surface area contributed by atoms with Crippen LogP contribution < -0.4 is 5.32 Å². The zero-order valence-electron chi connectivity index (χ0n) is 11.1. The molecule has 0 saturated heterocycles. The second-order valence-corrected chi connectivity index (χ2v) is 5.37. The molecule has 0 aliphatic heterocycles. The average Bonchev–Trinajstić information content (AvgIpc) is 2.44. The van der Waals surface area contributed by atoms with E-state index < -0.39 is 29.3 Å². The summed E-state index contributed by atoms with van der Waals surface area (Å²) in [6.07, 6.45) is 0. The summed E-state index contributed by atoms with van der Waals surface area (Å²) in [5.41, 5.74) is 0.335. The predicted molar refractivity (Wildman–Crippen MR) is 75.9 cm³/mol. The summed E-state index contributed by atoms with van der Waals surface area (Å²) in [6.45, 7) is 2.22. The molecular weight excluding hydrogens is 350 g/mol. The largest absolute Gasteiger partial charge is 0.306 e. The van der Waals surface area contributed by atoms with Crippen molar-refractivity contribution in [3.05, 3.63) is 69.2 Å². The topological polar surface area (TPSA) is 12.0 Å². The van der Waals surface area contributed by atoms with E-state index in [0.717, 1.165) is 12.1 Å². The molecule has 21 heavy (non-hydrogen) atoms. The molecule has 1 nitrogen and oxygen atoms in total. The van der Waals surface area contributed by atoms with E-state index in [4.69, 9.17) is 0 Å². The Morgan fingerprint density at radius 2 is 1.62 bits per heavy atom. The van der Waals surface area contributed by atoms with Gasteiger partial charge in [-0.15, -0.1) is 0 Å². The van der Waals surface area contributed by atoms with E-state index in [1.165, 1.54) is 18.2 Å². The van der Waals surface area contributed by atoms with Crippen LogP contribution in [-0.4, -0.2) is 6.54 Å². The third-order valence-corrected chi connectivity index (χ3v) is 3.51. The van der Waals surface area contributed by atoms with E-state index in [-0.39, 0.29) is 11.1 Å². The monoisotopic (exact) mass is 361 g/mol. The Morgan fingerprint density at radius 3 is 2.19 bits per heavy atom. The third kappa shape index (κ3) is 3.44. The van der Waals surface area contributed by atoms with Gasteiger partial charge in [-0.05, 0) is 42.4 Å². The highest BCUT2D eigenvalue weighted by Crippen LogP contribution is 2.29. The van der Waals surface area contributed by atoms with Gasteiger partial charge < -0.3 is 5.32 Å². The van der Waals surface area contributed by atoms with Gasteiger partial charge in [0.15, 0.2) is 17.5 Å². The summed E-state index contributed by atoms with van der Waals surface area (Å²) in [5, 5.41) is 2.94. The van der Waals surface area contributed by atoms with Crippen molar-refractivity contribution in [1.82, 2.24) is 5.32 Å². The highest BCUT2D eigenvalue weighted by Gasteiger charge is 2.21. The second kappa shape index (κ2) is 6.58. The molecule has 1 atom stereocenters. The first kappa shape index (κ1) is 16.0. The fourth-order valence-electron chi connectivity index (χ4n) is 2.09. The highest BCUT2D eigenvalue weighted by atomic mass is 79.9. The molecule has 0 radical (unpaired) electrons. The van der Waals surface area contributed by atoms with Crippen LogP contribution in [0.5, 0.6) is 0 Å². The summed E-state index contributed by atoms with van der Waals surface area (Å²) in [6, 6.07) is 5.24. The van der Waals surface area contributed by atoms with E-state index in [2.05, 4.69) is 21.2 Å². The first-order chi connectivity index (χ1) is 9.93. The number of halogens is 5. The van der Waals surface area contributed by atoms with Gasteiger partial charge in [0.05, 0.1) is 6.04 Å². The number of hydrogen-bond donors (Lipinski definition) is 1. The smallest absolute Gasteiger partial charge is 0.194 e. The van der Waals surface area contributed by atoms with Crippen LogP contribution in [0.25, 0.3) is 0 Å². The lowest BCUT2D eigenvalue weighted by Crippen LogP contribution is -2.23. The van der Waals surface area contributed by atoms with Crippen LogP contribution in [0.4, 0.5) is 17.6 Å². The molecule has 0 saturated carbocycles. The highest BCUT2D eigenvalue weighted by molar-refractivity contribution is 9.10. The van der Waals surface area contributed by atoms with Gasteiger partial charge in [0.25, 0.3) is 0 Å². The number of hydrogen-bond acceptors (Lipinski definition) is 1. The van der Waals surface area contributed by atoms with E-state index in [1.54, 1.807) is 6.92 Å². The molecule has 1 unspecified atom stereocenters. The molecule has 2 aromatic rings. The van der Waals surface area contributed by atoms with Crippen LogP contribution in [0, 0.1) is 23.3 Å². The molecule has 2 rings (SSSR count). The Bertz CT molecular complexity index is 637. The Labute approximate surface area is 128 Å². The molecule has 0 aromatic heterocycles. The second-order valence-electron chi connectivity index (χ2n) is 4.46.